The third-order valence-corrected chi connectivity index (χ3v) is 1.45. The first-order valence-corrected chi connectivity index (χ1v) is 3.27. The molecule has 2 nitrogen and oxygen atoms in total. The van der Waals surface area contributed by atoms with Crippen LogP contribution < -0.4 is 0 Å². The molecule has 3 heteroatoms. The highest BCUT2D eigenvalue weighted by Gasteiger charge is 2.24. The van der Waals surface area contributed by atoms with Gasteiger partial charge in [-0.25, -0.2) is 0 Å². The number of hydrogen-bond acceptors (Lipinski definition) is 3. The maximum atomic E-state index is 10.8. The molecule has 0 aliphatic carbocycles. The van der Waals surface area contributed by atoms with Gasteiger partial charge in [0.2, 0.25) is 0 Å². The Balaban J connectivity index is 2.56. The van der Waals surface area contributed by atoms with Crippen LogP contribution in [0.4, 0.5) is 0 Å². The van der Waals surface area contributed by atoms with Crippen LogP contribution in [0.15, 0.2) is 12.3 Å². The topological polar surface area (TPSA) is 26.3 Å². The molecule has 1 heterocycles. The van der Waals surface area contributed by atoms with Crippen molar-refractivity contribution >= 4 is 18.4 Å². The molecule has 0 saturated carbocycles. The summed E-state index contributed by atoms with van der Waals surface area (Å²) in [5.41, 5.74) is 0. The van der Waals surface area contributed by atoms with Crippen LogP contribution in [0.3, 0.4) is 0 Å². The molecule has 0 spiro atoms. The van der Waals surface area contributed by atoms with Crippen LogP contribution >= 0.6 is 12.6 Å². The number of rotatable bonds is 1. The first-order valence-electron chi connectivity index (χ1n) is 2.76. The van der Waals surface area contributed by atoms with Gasteiger partial charge in [0.05, 0.1) is 6.26 Å². The Bertz CT molecular complexity index is 151. The quantitative estimate of drug-likeness (QED) is 0.550. The van der Waals surface area contributed by atoms with Crippen LogP contribution in [0.25, 0.3) is 0 Å². The predicted octanol–water partition coefficient (Wildman–Crippen LogP) is 0.786. The van der Waals surface area contributed by atoms with Gasteiger partial charge in [0.25, 0.3) is 0 Å². The SMILES string of the molecule is CC(S)C1OC=CC1=O. The number of ketones is 1. The van der Waals surface area contributed by atoms with Gasteiger partial charge in [-0.2, -0.15) is 12.6 Å². The molecule has 50 valence electrons. The smallest absolute Gasteiger partial charge is 0.200 e. The van der Waals surface area contributed by atoms with Gasteiger partial charge < -0.3 is 4.74 Å². The van der Waals surface area contributed by atoms with Gasteiger partial charge >= 0.3 is 0 Å². The van der Waals surface area contributed by atoms with E-state index in [0.717, 1.165) is 0 Å². The predicted molar refractivity (Wildman–Crippen MR) is 37.5 cm³/mol. The second-order valence-electron chi connectivity index (χ2n) is 2.00. The molecule has 0 radical (unpaired) electrons. The standard InChI is InChI=1S/C6H8O2S/c1-4(9)6-5(7)2-3-8-6/h2-4,6,9H,1H3. The molecule has 2 unspecified atom stereocenters. The highest BCUT2D eigenvalue weighted by Crippen LogP contribution is 2.12. The average Bonchev–Trinajstić information content (AvgIpc) is 2.13. The maximum absolute atomic E-state index is 10.8. The van der Waals surface area contributed by atoms with Crippen molar-refractivity contribution in [1.29, 1.82) is 0 Å². The fourth-order valence-corrected chi connectivity index (χ4v) is 0.922. The van der Waals surface area contributed by atoms with Gasteiger partial charge in [-0.15, -0.1) is 0 Å². The lowest BCUT2D eigenvalue weighted by Crippen LogP contribution is -2.24. The van der Waals surface area contributed by atoms with Crippen molar-refractivity contribution in [2.45, 2.75) is 18.3 Å². The molecule has 9 heavy (non-hydrogen) atoms. The summed E-state index contributed by atoms with van der Waals surface area (Å²) in [7, 11) is 0. The summed E-state index contributed by atoms with van der Waals surface area (Å²) in [6.07, 6.45) is 2.49. The van der Waals surface area contributed by atoms with E-state index in [1.807, 2.05) is 6.92 Å². The Labute approximate surface area is 59.3 Å². The van der Waals surface area contributed by atoms with E-state index < -0.39 is 0 Å². The summed E-state index contributed by atoms with van der Waals surface area (Å²) < 4.78 is 4.92. The lowest BCUT2D eigenvalue weighted by Gasteiger charge is -2.10. The summed E-state index contributed by atoms with van der Waals surface area (Å²) in [6.45, 7) is 1.83. The van der Waals surface area contributed by atoms with Crippen molar-refractivity contribution in [3.05, 3.63) is 12.3 Å². The number of thiol groups is 1. The van der Waals surface area contributed by atoms with Gasteiger partial charge in [-0.1, -0.05) is 0 Å². The third-order valence-electron chi connectivity index (χ3n) is 1.18. The summed E-state index contributed by atoms with van der Waals surface area (Å²) in [4.78, 5) is 10.8. The minimum absolute atomic E-state index is 0.0116. The molecule has 1 rings (SSSR count). The zero-order valence-electron chi connectivity index (χ0n) is 5.07. The van der Waals surface area contributed by atoms with Crippen LogP contribution in [-0.4, -0.2) is 17.1 Å². The van der Waals surface area contributed by atoms with Crippen LogP contribution in [0.5, 0.6) is 0 Å². The van der Waals surface area contributed by atoms with Crippen molar-refractivity contribution in [3.8, 4) is 0 Å². The normalized spacial score (nSPS) is 28.2. The summed E-state index contributed by atoms with van der Waals surface area (Å²) in [6, 6.07) is 0. The molecule has 0 amide bonds. The van der Waals surface area contributed by atoms with Gasteiger partial charge in [0.1, 0.15) is 0 Å². The Morgan fingerprint density at radius 3 is 2.78 bits per heavy atom. The largest absolute Gasteiger partial charge is 0.489 e. The van der Waals surface area contributed by atoms with Crippen molar-refractivity contribution in [1.82, 2.24) is 0 Å². The highest BCUT2D eigenvalue weighted by atomic mass is 32.1. The fourth-order valence-electron chi connectivity index (χ4n) is 0.704. The molecule has 0 N–H and O–H groups in total. The van der Waals surface area contributed by atoms with Crippen molar-refractivity contribution in [2.24, 2.45) is 0 Å². The Hall–Kier alpha value is -0.440. The number of hydrogen-bond donors (Lipinski definition) is 1. The first kappa shape index (κ1) is 6.68. The molecular weight excluding hydrogens is 136 g/mol. The van der Waals surface area contributed by atoms with E-state index >= 15 is 0 Å². The molecule has 0 aromatic heterocycles. The highest BCUT2D eigenvalue weighted by molar-refractivity contribution is 7.81. The summed E-state index contributed by atoms with van der Waals surface area (Å²) >= 11 is 4.07. The zero-order chi connectivity index (χ0) is 6.85. The fraction of sp³-hybridized carbons (Fsp3) is 0.500. The molecule has 0 bridgehead atoms. The van der Waals surface area contributed by atoms with Crippen molar-refractivity contribution < 1.29 is 9.53 Å². The monoisotopic (exact) mass is 144 g/mol. The van der Waals surface area contributed by atoms with Crippen LogP contribution in [-0.2, 0) is 9.53 Å². The molecule has 2 atom stereocenters. The lowest BCUT2D eigenvalue weighted by molar-refractivity contribution is -0.120. The lowest BCUT2D eigenvalue weighted by atomic mass is 10.2. The number of carbonyl (C=O) groups is 1. The number of ether oxygens (including phenoxy) is 1. The molecule has 0 aromatic rings. The summed E-state index contributed by atoms with van der Waals surface area (Å²) in [5, 5.41) is -0.0208. The Morgan fingerprint density at radius 2 is 2.56 bits per heavy atom. The van der Waals surface area contributed by atoms with Crippen molar-refractivity contribution in [3.63, 3.8) is 0 Å². The molecule has 0 aromatic carbocycles. The third kappa shape index (κ3) is 1.27. The van der Waals surface area contributed by atoms with Gasteiger partial charge in [0, 0.05) is 11.3 Å². The van der Waals surface area contributed by atoms with E-state index in [9.17, 15) is 4.79 Å². The van der Waals surface area contributed by atoms with E-state index in [-0.39, 0.29) is 17.1 Å². The second-order valence-corrected chi connectivity index (χ2v) is 2.82. The zero-order valence-corrected chi connectivity index (χ0v) is 5.97. The second kappa shape index (κ2) is 2.43. The molecule has 1 aliphatic rings. The van der Waals surface area contributed by atoms with E-state index in [1.54, 1.807) is 0 Å². The maximum Gasteiger partial charge on any atom is 0.200 e. The van der Waals surface area contributed by atoms with E-state index in [4.69, 9.17) is 4.74 Å². The molecular formula is C6H8O2S. The van der Waals surface area contributed by atoms with Crippen LogP contribution in [0, 0.1) is 0 Å². The summed E-state index contributed by atoms with van der Waals surface area (Å²) in [5.74, 6) is 0.0116. The minimum atomic E-state index is -0.353. The van der Waals surface area contributed by atoms with Gasteiger partial charge in [0.15, 0.2) is 11.9 Å². The van der Waals surface area contributed by atoms with Crippen LogP contribution in [0.1, 0.15) is 6.92 Å². The first-order chi connectivity index (χ1) is 4.22. The molecule has 1 aliphatic heterocycles. The number of carbonyl (C=O) groups excluding carboxylic acids is 1. The Kier molecular flexibility index (Phi) is 1.81. The van der Waals surface area contributed by atoms with E-state index in [2.05, 4.69) is 12.6 Å². The van der Waals surface area contributed by atoms with E-state index in [1.165, 1.54) is 12.3 Å². The van der Waals surface area contributed by atoms with Crippen molar-refractivity contribution in [2.75, 3.05) is 0 Å². The average molecular weight is 144 g/mol. The van der Waals surface area contributed by atoms with Gasteiger partial charge in [-0.05, 0) is 6.92 Å². The van der Waals surface area contributed by atoms with Gasteiger partial charge in [-0.3, -0.25) is 4.79 Å². The Morgan fingerprint density at radius 1 is 1.89 bits per heavy atom. The van der Waals surface area contributed by atoms with Crippen LogP contribution in [0.2, 0.25) is 0 Å². The van der Waals surface area contributed by atoms with E-state index in [0.29, 0.717) is 0 Å². The molecule has 0 fully saturated rings. The minimum Gasteiger partial charge on any atom is -0.489 e. The molecule has 0 saturated heterocycles.